The normalized spacial score (nSPS) is 16.2. The number of nitrogens with zero attached hydrogens (tertiary/aromatic N) is 1. The first kappa shape index (κ1) is 16.8. The highest BCUT2D eigenvalue weighted by Gasteiger charge is 2.33. The summed E-state index contributed by atoms with van der Waals surface area (Å²) in [7, 11) is 0. The van der Waals surface area contributed by atoms with Crippen molar-refractivity contribution in [1.82, 2.24) is 4.90 Å². The fraction of sp³-hybridized carbons (Fsp3) is 0.160. The maximum atomic E-state index is 13.3. The lowest BCUT2D eigenvalue weighted by Crippen LogP contribution is -2.43. The van der Waals surface area contributed by atoms with E-state index in [1.54, 1.807) is 0 Å². The Labute approximate surface area is 164 Å². The van der Waals surface area contributed by atoms with E-state index in [2.05, 4.69) is 66.8 Å². The minimum atomic E-state index is -0.196. The maximum Gasteiger partial charge on any atom is 0.257 e. The minimum absolute atomic E-state index is 0.0956. The van der Waals surface area contributed by atoms with Crippen LogP contribution in [0.15, 0.2) is 78.9 Å². The van der Waals surface area contributed by atoms with Crippen molar-refractivity contribution in [3.05, 3.63) is 90.0 Å². The van der Waals surface area contributed by atoms with Gasteiger partial charge in [-0.05, 0) is 46.2 Å². The zero-order valence-electron chi connectivity index (χ0n) is 15.9. The molecule has 5 rings (SSSR count). The monoisotopic (exact) mass is 366 g/mol. The van der Waals surface area contributed by atoms with Crippen molar-refractivity contribution in [3.8, 4) is 0 Å². The highest BCUT2D eigenvalue weighted by molar-refractivity contribution is 6.06. The third-order valence-corrected chi connectivity index (χ3v) is 5.57. The van der Waals surface area contributed by atoms with E-state index in [1.165, 1.54) is 27.1 Å². The van der Waals surface area contributed by atoms with Crippen LogP contribution in [0.1, 0.15) is 35.4 Å². The number of fused-ring (bicyclic) bond motifs is 3. The molecular weight excluding hydrogens is 344 g/mol. The molecule has 0 radical (unpaired) electrons. The molecule has 138 valence electrons. The molecule has 0 saturated carbocycles. The summed E-state index contributed by atoms with van der Waals surface area (Å²) >= 11 is 0. The summed E-state index contributed by atoms with van der Waals surface area (Å²) in [5.74, 6) is 0.0956. The number of carbonyl (C=O) groups is 1. The maximum absolute atomic E-state index is 13.3. The van der Waals surface area contributed by atoms with Crippen LogP contribution in [0.2, 0.25) is 0 Å². The lowest BCUT2D eigenvalue weighted by Gasteiger charge is -2.39. The van der Waals surface area contributed by atoms with Gasteiger partial charge in [0.25, 0.3) is 5.91 Å². The van der Waals surface area contributed by atoms with Crippen molar-refractivity contribution in [1.29, 1.82) is 0 Å². The summed E-state index contributed by atoms with van der Waals surface area (Å²) in [6.07, 6.45) is 0.716. The van der Waals surface area contributed by atoms with Crippen LogP contribution in [0.5, 0.6) is 0 Å². The Morgan fingerprint density at radius 1 is 0.857 bits per heavy atom. The van der Waals surface area contributed by atoms with E-state index in [1.807, 2.05) is 29.2 Å². The van der Waals surface area contributed by atoms with E-state index in [0.29, 0.717) is 6.54 Å². The largest absolute Gasteiger partial charge is 0.361 e. The van der Waals surface area contributed by atoms with Crippen molar-refractivity contribution in [3.63, 3.8) is 0 Å². The van der Waals surface area contributed by atoms with E-state index in [4.69, 9.17) is 0 Å². The lowest BCUT2D eigenvalue weighted by atomic mass is 9.92. The lowest BCUT2D eigenvalue weighted by molar-refractivity contribution is 0.0685. The average molecular weight is 366 g/mol. The molecular formula is C25H22N2O. The van der Waals surface area contributed by atoms with E-state index in [9.17, 15) is 4.79 Å². The average Bonchev–Trinajstić information content (AvgIpc) is 2.74. The predicted molar refractivity (Wildman–Crippen MR) is 116 cm³/mol. The van der Waals surface area contributed by atoms with Gasteiger partial charge >= 0.3 is 0 Å². The Hall–Kier alpha value is -3.33. The Morgan fingerprint density at radius 3 is 2.14 bits per heavy atom. The smallest absolute Gasteiger partial charge is 0.257 e. The number of amides is 1. The molecule has 1 unspecified atom stereocenters. The summed E-state index contributed by atoms with van der Waals surface area (Å²) in [5, 5.41) is 8.43. The van der Waals surface area contributed by atoms with Crippen LogP contribution in [0.4, 0.5) is 5.69 Å². The van der Waals surface area contributed by atoms with E-state index < -0.39 is 0 Å². The second-order valence-corrected chi connectivity index (χ2v) is 7.32. The molecule has 0 aliphatic carbocycles. The van der Waals surface area contributed by atoms with Gasteiger partial charge in [-0.3, -0.25) is 4.79 Å². The highest BCUT2D eigenvalue weighted by Crippen LogP contribution is 2.39. The quantitative estimate of drug-likeness (QED) is 0.453. The van der Waals surface area contributed by atoms with Gasteiger partial charge in [-0.25, -0.2) is 0 Å². The van der Waals surface area contributed by atoms with Gasteiger partial charge in [-0.2, -0.15) is 0 Å². The van der Waals surface area contributed by atoms with Gasteiger partial charge in [0.15, 0.2) is 0 Å². The molecule has 1 N–H and O–H groups in total. The van der Waals surface area contributed by atoms with Gasteiger partial charge in [-0.1, -0.05) is 67.6 Å². The van der Waals surface area contributed by atoms with E-state index in [-0.39, 0.29) is 12.1 Å². The number of hydrogen-bond donors (Lipinski definition) is 1. The summed E-state index contributed by atoms with van der Waals surface area (Å²) in [4.78, 5) is 15.3. The zero-order valence-corrected chi connectivity index (χ0v) is 15.9. The second-order valence-electron chi connectivity index (χ2n) is 7.32. The van der Waals surface area contributed by atoms with Gasteiger partial charge < -0.3 is 10.2 Å². The van der Waals surface area contributed by atoms with Crippen LogP contribution in [0.3, 0.4) is 0 Å². The van der Waals surface area contributed by atoms with Crippen LogP contribution in [-0.4, -0.2) is 17.4 Å². The minimum Gasteiger partial charge on any atom is -0.361 e. The van der Waals surface area contributed by atoms with Crippen molar-refractivity contribution in [2.24, 2.45) is 0 Å². The van der Waals surface area contributed by atoms with Gasteiger partial charge in [0, 0.05) is 17.8 Å². The molecule has 0 aromatic heterocycles. The molecule has 3 heteroatoms. The number of nitrogens with one attached hydrogen (secondary N) is 1. The number of para-hydroxylation sites is 1. The topological polar surface area (TPSA) is 32.3 Å². The number of benzene rings is 4. The molecule has 1 amide bonds. The number of hydrogen-bond acceptors (Lipinski definition) is 2. The van der Waals surface area contributed by atoms with Gasteiger partial charge in [0.2, 0.25) is 0 Å². The summed E-state index contributed by atoms with van der Waals surface area (Å²) in [6, 6.07) is 26.9. The molecule has 4 aromatic rings. The number of carbonyl (C=O) groups excluding carboxylic acids is 1. The number of anilines is 1. The molecule has 0 bridgehead atoms. The van der Waals surface area contributed by atoms with Crippen LogP contribution < -0.4 is 5.32 Å². The molecule has 28 heavy (non-hydrogen) atoms. The summed E-state index contributed by atoms with van der Waals surface area (Å²) < 4.78 is 0. The molecule has 1 heterocycles. The Balaban J connectivity index is 1.81. The van der Waals surface area contributed by atoms with Crippen molar-refractivity contribution in [2.45, 2.75) is 19.5 Å². The molecule has 1 atom stereocenters. The first-order valence-corrected chi connectivity index (χ1v) is 9.85. The summed E-state index contributed by atoms with van der Waals surface area (Å²) in [5.41, 5.74) is 2.82. The van der Waals surface area contributed by atoms with Crippen molar-refractivity contribution in [2.75, 3.05) is 11.9 Å². The Kier molecular flexibility index (Phi) is 4.01. The molecule has 0 fully saturated rings. The Bertz CT molecular complexity index is 1140. The van der Waals surface area contributed by atoms with Crippen LogP contribution in [0, 0.1) is 0 Å². The first-order valence-electron chi connectivity index (χ1n) is 9.85. The zero-order chi connectivity index (χ0) is 19.1. The van der Waals surface area contributed by atoms with Crippen molar-refractivity contribution < 1.29 is 4.79 Å². The summed E-state index contributed by atoms with van der Waals surface area (Å²) in [6.45, 7) is 2.83. The molecule has 1 aliphatic rings. The third-order valence-electron chi connectivity index (χ3n) is 5.57. The molecule has 0 saturated heterocycles. The van der Waals surface area contributed by atoms with E-state index >= 15 is 0 Å². The molecule has 0 spiro atoms. The van der Waals surface area contributed by atoms with E-state index in [0.717, 1.165) is 17.7 Å². The molecule has 1 aliphatic heterocycles. The van der Waals surface area contributed by atoms with Gasteiger partial charge in [0.05, 0.1) is 5.56 Å². The van der Waals surface area contributed by atoms with Crippen LogP contribution >= 0.6 is 0 Å². The fourth-order valence-electron chi connectivity index (χ4n) is 4.34. The van der Waals surface area contributed by atoms with Crippen LogP contribution in [0.25, 0.3) is 21.5 Å². The standard InChI is InChI=1S/C25H22N2O/c1-2-15-27-24(26-22-14-8-7-13-21(22)25(27)28)23-19-11-5-3-9-17(19)16-18-10-4-6-12-20(18)23/h3-14,16,24,26H,2,15H2,1H3. The van der Waals surface area contributed by atoms with Crippen LogP contribution in [-0.2, 0) is 0 Å². The van der Waals surface area contributed by atoms with Crippen molar-refractivity contribution >= 4 is 33.1 Å². The van der Waals surface area contributed by atoms with Gasteiger partial charge in [0.1, 0.15) is 6.17 Å². The predicted octanol–water partition coefficient (Wildman–Crippen LogP) is 5.97. The Morgan fingerprint density at radius 2 is 1.46 bits per heavy atom. The fourth-order valence-corrected chi connectivity index (χ4v) is 4.34. The van der Waals surface area contributed by atoms with Gasteiger partial charge in [-0.15, -0.1) is 0 Å². The second kappa shape index (κ2) is 6.68. The SMILES string of the molecule is CCCN1C(=O)c2ccccc2NC1c1c2ccccc2cc2ccccc12. The highest BCUT2D eigenvalue weighted by atomic mass is 16.2. The number of rotatable bonds is 3. The molecule has 4 aromatic carbocycles. The first-order chi connectivity index (χ1) is 13.8. The third kappa shape index (κ3) is 2.55. The molecule has 3 nitrogen and oxygen atoms in total.